The number of benzene rings is 2. The predicted octanol–water partition coefficient (Wildman–Crippen LogP) is 5.54. The van der Waals surface area contributed by atoms with Gasteiger partial charge in [0.25, 0.3) is 5.91 Å². The lowest BCUT2D eigenvalue weighted by Gasteiger charge is -2.14. The maximum atomic E-state index is 12.6. The van der Waals surface area contributed by atoms with Gasteiger partial charge < -0.3 is 9.73 Å². The molecule has 0 aliphatic heterocycles. The highest BCUT2D eigenvalue weighted by Gasteiger charge is 2.31. The molecule has 3 nitrogen and oxygen atoms in total. The van der Waals surface area contributed by atoms with E-state index in [0.29, 0.717) is 11.3 Å². The van der Waals surface area contributed by atoms with E-state index >= 15 is 0 Å². The largest absolute Gasteiger partial charge is 0.459 e. The summed E-state index contributed by atoms with van der Waals surface area (Å²) in [5.74, 6) is -0.0455. The fourth-order valence-corrected chi connectivity index (χ4v) is 3.10. The summed E-state index contributed by atoms with van der Waals surface area (Å²) < 4.78 is 43.6. The minimum absolute atomic E-state index is 0.0206. The number of thioether (sulfide) groups is 1. The lowest BCUT2D eigenvalue weighted by molar-refractivity contribution is -0.0328. The van der Waals surface area contributed by atoms with Crippen molar-refractivity contribution in [3.05, 3.63) is 65.9 Å². The van der Waals surface area contributed by atoms with Gasteiger partial charge in [0.1, 0.15) is 11.3 Å². The zero-order valence-electron chi connectivity index (χ0n) is 13.1. The molecule has 1 N–H and O–H groups in total. The van der Waals surface area contributed by atoms with Crippen LogP contribution >= 0.6 is 11.8 Å². The van der Waals surface area contributed by atoms with Crippen molar-refractivity contribution in [2.45, 2.75) is 23.4 Å². The summed E-state index contributed by atoms with van der Waals surface area (Å²) in [7, 11) is 0. The monoisotopic (exact) mass is 365 g/mol. The molecule has 0 aliphatic carbocycles. The minimum Gasteiger partial charge on any atom is -0.459 e. The summed E-state index contributed by atoms with van der Waals surface area (Å²) in [6.07, 6.45) is 0. The molecule has 1 amide bonds. The molecular formula is C18H14F3NO2S. The average molecular weight is 365 g/mol. The molecule has 0 fully saturated rings. The van der Waals surface area contributed by atoms with Crippen molar-refractivity contribution >= 4 is 28.6 Å². The molecule has 1 heterocycles. The summed E-state index contributed by atoms with van der Waals surface area (Å²) in [6.45, 7) is 1.72. The lowest BCUT2D eigenvalue weighted by atomic mass is 10.1. The van der Waals surface area contributed by atoms with E-state index in [1.54, 1.807) is 13.0 Å². The maximum absolute atomic E-state index is 12.6. The second kappa shape index (κ2) is 6.84. The van der Waals surface area contributed by atoms with Crippen LogP contribution in [0.3, 0.4) is 0 Å². The molecule has 2 aromatic carbocycles. The molecule has 1 atom stereocenters. The first-order chi connectivity index (χ1) is 11.8. The summed E-state index contributed by atoms with van der Waals surface area (Å²) in [5, 5.41) is 3.58. The Morgan fingerprint density at radius 1 is 1.12 bits per heavy atom. The van der Waals surface area contributed by atoms with Crippen LogP contribution in [0.25, 0.3) is 11.0 Å². The van der Waals surface area contributed by atoms with Gasteiger partial charge >= 0.3 is 5.51 Å². The number of hydrogen-bond donors (Lipinski definition) is 1. The van der Waals surface area contributed by atoms with Crippen LogP contribution in [0.5, 0.6) is 0 Å². The first-order valence-electron chi connectivity index (χ1n) is 7.47. The molecule has 3 aromatic rings. The van der Waals surface area contributed by atoms with Crippen LogP contribution in [-0.4, -0.2) is 11.4 Å². The van der Waals surface area contributed by atoms with E-state index < -0.39 is 17.5 Å². The van der Waals surface area contributed by atoms with Gasteiger partial charge in [-0.1, -0.05) is 30.3 Å². The van der Waals surface area contributed by atoms with Gasteiger partial charge in [-0.25, -0.2) is 0 Å². The number of halogens is 3. The third kappa shape index (κ3) is 4.17. The van der Waals surface area contributed by atoms with Gasteiger partial charge in [0.2, 0.25) is 0 Å². The fourth-order valence-electron chi connectivity index (χ4n) is 2.43. The molecule has 0 saturated heterocycles. The van der Waals surface area contributed by atoms with Crippen LogP contribution in [0.15, 0.2) is 63.9 Å². The highest BCUT2D eigenvalue weighted by atomic mass is 32.2. The molecule has 0 radical (unpaired) electrons. The fraction of sp³-hybridized carbons (Fsp3) is 0.167. The topological polar surface area (TPSA) is 42.2 Å². The highest BCUT2D eigenvalue weighted by Crippen LogP contribution is 2.38. The van der Waals surface area contributed by atoms with Crippen LogP contribution in [0, 0.1) is 0 Å². The zero-order valence-corrected chi connectivity index (χ0v) is 13.9. The number of furan rings is 1. The third-order valence-electron chi connectivity index (χ3n) is 3.58. The molecule has 0 aliphatic rings. The van der Waals surface area contributed by atoms with Crippen molar-refractivity contribution in [1.29, 1.82) is 0 Å². The molecule has 0 saturated carbocycles. The number of para-hydroxylation sites is 1. The number of carbonyl (C=O) groups excluding carboxylic acids is 1. The second-order valence-corrected chi connectivity index (χ2v) is 6.53. The van der Waals surface area contributed by atoms with E-state index in [0.717, 1.165) is 5.39 Å². The molecule has 130 valence electrons. The van der Waals surface area contributed by atoms with Crippen molar-refractivity contribution in [3.8, 4) is 0 Å². The Kier molecular flexibility index (Phi) is 4.76. The van der Waals surface area contributed by atoms with Crippen molar-refractivity contribution in [2.24, 2.45) is 0 Å². The first-order valence-corrected chi connectivity index (χ1v) is 8.29. The van der Waals surface area contributed by atoms with E-state index in [1.165, 1.54) is 24.3 Å². The smallest absolute Gasteiger partial charge is 0.446 e. The molecule has 1 unspecified atom stereocenters. The predicted molar refractivity (Wildman–Crippen MR) is 90.4 cm³/mol. The van der Waals surface area contributed by atoms with E-state index in [2.05, 4.69) is 5.32 Å². The van der Waals surface area contributed by atoms with Crippen molar-refractivity contribution in [1.82, 2.24) is 5.32 Å². The van der Waals surface area contributed by atoms with Gasteiger partial charge in [0.05, 0.1) is 11.6 Å². The van der Waals surface area contributed by atoms with Crippen LogP contribution < -0.4 is 5.32 Å². The second-order valence-electron chi connectivity index (χ2n) is 5.43. The van der Waals surface area contributed by atoms with Crippen LogP contribution in [-0.2, 0) is 0 Å². The number of alkyl halides is 3. The Morgan fingerprint density at radius 2 is 1.80 bits per heavy atom. The molecule has 3 rings (SSSR count). The Balaban J connectivity index is 1.80. The third-order valence-corrected chi connectivity index (χ3v) is 4.38. The number of hydrogen-bond acceptors (Lipinski definition) is 3. The number of carbonyl (C=O) groups is 1. The van der Waals surface area contributed by atoms with Crippen LogP contribution in [0.4, 0.5) is 13.2 Å². The van der Waals surface area contributed by atoms with Crippen molar-refractivity contribution < 1.29 is 22.4 Å². The van der Waals surface area contributed by atoms with E-state index in [-0.39, 0.29) is 22.2 Å². The maximum Gasteiger partial charge on any atom is 0.446 e. The van der Waals surface area contributed by atoms with E-state index in [1.807, 2.05) is 24.3 Å². The Labute approximate surface area is 146 Å². The number of nitrogens with one attached hydrogen (secondary N) is 1. The van der Waals surface area contributed by atoms with E-state index in [9.17, 15) is 18.0 Å². The Morgan fingerprint density at radius 3 is 2.52 bits per heavy atom. The highest BCUT2D eigenvalue weighted by molar-refractivity contribution is 8.00. The molecule has 7 heteroatoms. The average Bonchev–Trinajstić information content (AvgIpc) is 2.98. The molecule has 0 spiro atoms. The quantitative estimate of drug-likeness (QED) is 0.618. The standard InChI is InChI=1S/C18H14F3NO2S/c1-11(15-10-12-6-2-4-8-14(12)24-15)22-17(23)13-7-3-5-9-16(13)25-18(19,20)21/h2-11H,1H3,(H,22,23). The van der Waals surface area contributed by atoms with Crippen molar-refractivity contribution in [2.75, 3.05) is 0 Å². The van der Waals surface area contributed by atoms with Crippen LogP contribution in [0.2, 0.25) is 0 Å². The van der Waals surface area contributed by atoms with Gasteiger partial charge in [-0.3, -0.25) is 4.79 Å². The van der Waals surface area contributed by atoms with Gasteiger partial charge in [0, 0.05) is 10.3 Å². The van der Waals surface area contributed by atoms with E-state index in [4.69, 9.17) is 4.42 Å². The van der Waals surface area contributed by atoms with Crippen molar-refractivity contribution in [3.63, 3.8) is 0 Å². The molecule has 25 heavy (non-hydrogen) atoms. The number of rotatable bonds is 4. The summed E-state index contributed by atoms with van der Waals surface area (Å²) in [5.41, 5.74) is -3.79. The minimum atomic E-state index is -4.46. The molecule has 1 aromatic heterocycles. The molecular weight excluding hydrogens is 351 g/mol. The van der Waals surface area contributed by atoms with Gasteiger partial charge in [-0.2, -0.15) is 13.2 Å². The summed E-state index contributed by atoms with van der Waals surface area (Å²) in [4.78, 5) is 12.3. The van der Waals surface area contributed by atoms with Gasteiger partial charge in [-0.05, 0) is 43.0 Å². The first kappa shape index (κ1) is 17.4. The zero-order chi connectivity index (χ0) is 18.0. The Bertz CT molecular complexity index is 871. The summed E-state index contributed by atoms with van der Waals surface area (Å²) in [6, 6.07) is 14.4. The van der Waals surface area contributed by atoms with Gasteiger partial charge in [-0.15, -0.1) is 0 Å². The number of fused-ring (bicyclic) bond motifs is 1. The van der Waals surface area contributed by atoms with Gasteiger partial charge in [0.15, 0.2) is 0 Å². The lowest BCUT2D eigenvalue weighted by Crippen LogP contribution is -2.27. The SMILES string of the molecule is CC(NC(=O)c1ccccc1SC(F)(F)F)c1cc2ccccc2o1. The number of amides is 1. The summed E-state index contributed by atoms with van der Waals surface area (Å²) >= 11 is -0.302. The normalized spacial score (nSPS) is 13.0. The van der Waals surface area contributed by atoms with Crippen LogP contribution in [0.1, 0.15) is 29.1 Å². The Hall–Kier alpha value is -2.41. The molecule has 0 bridgehead atoms.